The summed E-state index contributed by atoms with van der Waals surface area (Å²) in [5.41, 5.74) is 3.32. The topological polar surface area (TPSA) is 76.7 Å². The molecule has 0 aliphatic rings. The van der Waals surface area contributed by atoms with Crippen molar-refractivity contribution in [2.75, 3.05) is 5.43 Å². The van der Waals surface area contributed by atoms with E-state index in [0.29, 0.717) is 5.95 Å². The Morgan fingerprint density at radius 1 is 1.25 bits per heavy atom. The molecule has 0 radical (unpaired) electrons. The van der Waals surface area contributed by atoms with Crippen molar-refractivity contribution < 1.29 is 0 Å². The van der Waals surface area contributed by atoms with Crippen molar-refractivity contribution in [3.63, 3.8) is 0 Å². The number of nitrogens with zero attached hydrogens (tertiary/aromatic N) is 3. The summed E-state index contributed by atoms with van der Waals surface area (Å²) in [6, 6.07) is 5.77. The number of hydrogen-bond donors (Lipinski definition) is 2. The highest BCUT2D eigenvalue weighted by molar-refractivity contribution is 7.99. The maximum atomic E-state index is 5.29. The molecule has 0 fully saturated rings. The summed E-state index contributed by atoms with van der Waals surface area (Å²) in [4.78, 5) is 13.4. The van der Waals surface area contributed by atoms with Gasteiger partial charge in [-0.05, 0) is 25.1 Å². The quantitative estimate of drug-likeness (QED) is 0.476. The second kappa shape index (κ2) is 4.91. The summed E-state index contributed by atoms with van der Waals surface area (Å²) in [7, 11) is 0. The van der Waals surface area contributed by atoms with E-state index >= 15 is 0 Å². The molecule has 0 bridgehead atoms. The lowest BCUT2D eigenvalue weighted by molar-refractivity contribution is 0.994. The summed E-state index contributed by atoms with van der Waals surface area (Å²) < 4.78 is 0. The van der Waals surface area contributed by atoms with Crippen LogP contribution in [-0.2, 0) is 0 Å². The molecular formula is C10H11N5S. The van der Waals surface area contributed by atoms with E-state index in [-0.39, 0.29) is 0 Å². The lowest BCUT2D eigenvalue weighted by Gasteiger charge is -2.04. The van der Waals surface area contributed by atoms with Gasteiger partial charge in [-0.3, -0.25) is 10.4 Å². The molecule has 0 spiro atoms. The van der Waals surface area contributed by atoms with E-state index in [1.54, 1.807) is 24.2 Å². The Labute approximate surface area is 97.5 Å². The molecule has 0 saturated heterocycles. The fourth-order valence-electron chi connectivity index (χ4n) is 1.18. The largest absolute Gasteiger partial charge is 0.292 e. The highest BCUT2D eigenvalue weighted by atomic mass is 32.2. The first-order valence-electron chi connectivity index (χ1n) is 4.68. The van der Waals surface area contributed by atoms with Crippen LogP contribution in [0.1, 0.15) is 5.69 Å². The van der Waals surface area contributed by atoms with Crippen LogP contribution in [0.25, 0.3) is 0 Å². The normalized spacial score (nSPS) is 10.1. The summed E-state index contributed by atoms with van der Waals surface area (Å²) in [5, 5.41) is 0.853. The van der Waals surface area contributed by atoms with E-state index in [1.165, 1.54) is 0 Å². The average molecular weight is 233 g/mol. The number of nitrogens with one attached hydrogen (secondary N) is 1. The molecule has 6 heteroatoms. The van der Waals surface area contributed by atoms with E-state index in [4.69, 9.17) is 5.84 Å². The van der Waals surface area contributed by atoms with Crippen LogP contribution < -0.4 is 11.3 Å². The van der Waals surface area contributed by atoms with Gasteiger partial charge in [0, 0.05) is 23.0 Å². The van der Waals surface area contributed by atoms with Crippen LogP contribution in [0.2, 0.25) is 0 Å². The van der Waals surface area contributed by atoms with E-state index in [9.17, 15) is 0 Å². The minimum atomic E-state index is 0.427. The first-order chi connectivity index (χ1) is 7.78. The third kappa shape index (κ3) is 2.68. The van der Waals surface area contributed by atoms with Gasteiger partial charge < -0.3 is 0 Å². The Kier molecular flexibility index (Phi) is 3.33. The van der Waals surface area contributed by atoms with Gasteiger partial charge >= 0.3 is 0 Å². The van der Waals surface area contributed by atoms with Gasteiger partial charge in [-0.2, -0.15) is 0 Å². The summed E-state index contributed by atoms with van der Waals surface area (Å²) in [6.07, 6.45) is 3.50. The van der Waals surface area contributed by atoms with E-state index in [1.807, 2.05) is 25.1 Å². The van der Waals surface area contributed by atoms with Gasteiger partial charge in [-0.1, -0.05) is 11.8 Å². The van der Waals surface area contributed by atoms with Gasteiger partial charge in [0.1, 0.15) is 5.03 Å². The predicted molar refractivity (Wildman–Crippen MR) is 62.9 cm³/mol. The van der Waals surface area contributed by atoms with Crippen LogP contribution in [0, 0.1) is 6.92 Å². The molecule has 0 aliphatic heterocycles. The third-order valence-corrected chi connectivity index (χ3v) is 2.76. The lowest BCUT2D eigenvalue weighted by Crippen LogP contribution is -2.11. The second-order valence-corrected chi connectivity index (χ2v) is 4.19. The number of aromatic nitrogens is 3. The minimum absolute atomic E-state index is 0.427. The number of aryl methyl sites for hydroxylation is 1. The molecule has 0 aliphatic carbocycles. The maximum absolute atomic E-state index is 5.29. The molecule has 2 heterocycles. The van der Waals surface area contributed by atoms with Crippen molar-refractivity contribution in [2.45, 2.75) is 16.8 Å². The van der Waals surface area contributed by atoms with Crippen LogP contribution in [0.5, 0.6) is 0 Å². The first-order valence-corrected chi connectivity index (χ1v) is 5.50. The SMILES string of the molecule is Cc1cc(Sc2ccncc2)nc(NN)n1. The van der Waals surface area contributed by atoms with Gasteiger partial charge in [0.2, 0.25) is 5.95 Å². The highest BCUT2D eigenvalue weighted by Crippen LogP contribution is 2.26. The number of rotatable bonds is 3. The molecule has 2 aromatic heterocycles. The van der Waals surface area contributed by atoms with Crippen molar-refractivity contribution in [3.05, 3.63) is 36.3 Å². The number of hydrogen-bond acceptors (Lipinski definition) is 6. The average Bonchev–Trinajstić information content (AvgIpc) is 2.29. The molecule has 0 amide bonds. The summed E-state index contributed by atoms with van der Waals surface area (Å²) >= 11 is 1.54. The Morgan fingerprint density at radius 3 is 2.69 bits per heavy atom. The van der Waals surface area contributed by atoms with Crippen LogP contribution in [0.4, 0.5) is 5.95 Å². The van der Waals surface area contributed by atoms with Gasteiger partial charge in [0.25, 0.3) is 0 Å². The molecule has 0 unspecified atom stereocenters. The third-order valence-electron chi connectivity index (χ3n) is 1.83. The zero-order chi connectivity index (χ0) is 11.4. The van der Waals surface area contributed by atoms with Crippen molar-refractivity contribution in [2.24, 2.45) is 5.84 Å². The molecule has 16 heavy (non-hydrogen) atoms. The van der Waals surface area contributed by atoms with E-state index in [2.05, 4.69) is 20.4 Å². The monoisotopic (exact) mass is 233 g/mol. The number of nitrogen functional groups attached to an aromatic ring is 1. The van der Waals surface area contributed by atoms with Crippen molar-refractivity contribution >= 4 is 17.7 Å². The van der Waals surface area contributed by atoms with E-state index < -0.39 is 0 Å². The van der Waals surface area contributed by atoms with Gasteiger partial charge in [0.15, 0.2) is 0 Å². The van der Waals surface area contributed by atoms with Crippen molar-refractivity contribution in [1.29, 1.82) is 0 Å². The molecule has 0 aromatic carbocycles. The van der Waals surface area contributed by atoms with E-state index in [0.717, 1.165) is 15.6 Å². The smallest absolute Gasteiger partial charge is 0.238 e. The zero-order valence-electron chi connectivity index (χ0n) is 8.71. The number of pyridine rings is 1. The number of nitrogens with two attached hydrogens (primary N) is 1. The lowest BCUT2D eigenvalue weighted by atomic mass is 10.5. The summed E-state index contributed by atoms with van der Waals surface area (Å²) in [5.74, 6) is 5.71. The zero-order valence-corrected chi connectivity index (χ0v) is 9.53. The fraction of sp³-hybridized carbons (Fsp3) is 0.100. The second-order valence-electron chi connectivity index (χ2n) is 3.10. The molecule has 5 nitrogen and oxygen atoms in total. The van der Waals surface area contributed by atoms with Crippen molar-refractivity contribution in [1.82, 2.24) is 15.0 Å². The van der Waals surface area contributed by atoms with Gasteiger partial charge in [-0.15, -0.1) is 0 Å². The summed E-state index contributed by atoms with van der Waals surface area (Å²) in [6.45, 7) is 1.90. The molecule has 2 aromatic rings. The highest BCUT2D eigenvalue weighted by Gasteiger charge is 2.02. The van der Waals surface area contributed by atoms with Crippen molar-refractivity contribution in [3.8, 4) is 0 Å². The molecule has 0 atom stereocenters. The Bertz CT molecular complexity index is 474. The molecular weight excluding hydrogens is 222 g/mol. The standard InChI is InChI=1S/C10H11N5S/c1-7-6-9(14-10(13-7)15-11)16-8-2-4-12-5-3-8/h2-6H,11H2,1H3,(H,13,14,15). The Morgan fingerprint density at radius 2 is 2.00 bits per heavy atom. The van der Waals surface area contributed by atoms with Gasteiger partial charge in [0.05, 0.1) is 0 Å². The van der Waals surface area contributed by atoms with Crippen LogP contribution in [-0.4, -0.2) is 15.0 Å². The predicted octanol–water partition coefficient (Wildman–Crippen LogP) is 1.62. The van der Waals surface area contributed by atoms with Crippen LogP contribution in [0.15, 0.2) is 40.5 Å². The van der Waals surface area contributed by atoms with Gasteiger partial charge in [-0.25, -0.2) is 15.8 Å². The molecule has 82 valence electrons. The molecule has 2 rings (SSSR count). The van der Waals surface area contributed by atoms with Crippen LogP contribution >= 0.6 is 11.8 Å². The number of hydrazine groups is 1. The fourth-order valence-corrected chi connectivity index (χ4v) is 2.04. The Balaban J connectivity index is 2.24. The Hall–Kier alpha value is -1.66. The first kappa shape index (κ1) is 10.8. The molecule has 3 N–H and O–H groups in total. The van der Waals surface area contributed by atoms with Crippen LogP contribution in [0.3, 0.4) is 0 Å². The molecule has 0 saturated carbocycles. The minimum Gasteiger partial charge on any atom is -0.292 e. The maximum Gasteiger partial charge on any atom is 0.238 e. The number of anilines is 1.